The molecule has 4 rings (SSSR count). The zero-order valence-electron chi connectivity index (χ0n) is 16.6. The first-order valence-electron chi connectivity index (χ1n) is 9.44. The minimum absolute atomic E-state index is 0.0160. The Kier molecular flexibility index (Phi) is 6.04. The number of anilines is 1. The molecule has 0 saturated carbocycles. The van der Waals surface area contributed by atoms with Crippen LogP contribution < -0.4 is 4.90 Å². The molecule has 8 heteroatoms. The van der Waals surface area contributed by atoms with E-state index in [0.29, 0.717) is 26.7 Å². The standard InChI is InChI=1S/C22H20Cl2N2O2S2/c1-11(2)14-8-15(12(3)6-19(14)27)18-9-30-22(25-18)26-20(28)10-29-21(26)13-4-5-16(23)17(24)7-13/h4-9,11,21,27H,10H2,1-3H3. The van der Waals surface area contributed by atoms with Crippen molar-refractivity contribution in [1.82, 2.24) is 4.98 Å². The maximum Gasteiger partial charge on any atom is 0.240 e. The van der Waals surface area contributed by atoms with E-state index in [1.54, 1.807) is 34.9 Å². The summed E-state index contributed by atoms with van der Waals surface area (Å²) in [6.07, 6.45) is 0. The van der Waals surface area contributed by atoms with E-state index in [0.717, 1.165) is 27.9 Å². The van der Waals surface area contributed by atoms with Crippen LogP contribution in [-0.4, -0.2) is 21.8 Å². The van der Waals surface area contributed by atoms with Crippen molar-refractivity contribution < 1.29 is 9.90 Å². The minimum Gasteiger partial charge on any atom is -0.508 e. The number of aromatic hydroxyl groups is 1. The minimum atomic E-state index is -0.196. The maximum atomic E-state index is 12.7. The summed E-state index contributed by atoms with van der Waals surface area (Å²) in [6, 6.07) is 9.22. The molecule has 1 saturated heterocycles. The topological polar surface area (TPSA) is 53.4 Å². The molecule has 1 unspecified atom stereocenters. The van der Waals surface area contributed by atoms with E-state index in [9.17, 15) is 9.90 Å². The smallest absolute Gasteiger partial charge is 0.240 e. The fourth-order valence-electron chi connectivity index (χ4n) is 3.49. The number of thioether (sulfide) groups is 1. The molecular formula is C22H20Cl2N2O2S2. The van der Waals surface area contributed by atoms with E-state index >= 15 is 0 Å². The molecular weight excluding hydrogens is 459 g/mol. The molecule has 156 valence electrons. The van der Waals surface area contributed by atoms with Gasteiger partial charge in [0, 0.05) is 10.9 Å². The van der Waals surface area contributed by atoms with E-state index < -0.39 is 0 Å². The predicted molar refractivity (Wildman–Crippen MR) is 127 cm³/mol. The molecule has 1 amide bonds. The van der Waals surface area contributed by atoms with Crippen LogP contribution in [0.3, 0.4) is 0 Å². The molecule has 2 heterocycles. The number of hydrogen-bond acceptors (Lipinski definition) is 5. The number of phenols is 1. The third-order valence-electron chi connectivity index (χ3n) is 5.07. The molecule has 4 nitrogen and oxygen atoms in total. The molecule has 1 aliphatic heterocycles. The average molecular weight is 479 g/mol. The zero-order chi connectivity index (χ0) is 21.6. The molecule has 1 fully saturated rings. The number of benzene rings is 2. The van der Waals surface area contributed by atoms with Crippen molar-refractivity contribution in [3.63, 3.8) is 0 Å². The Balaban J connectivity index is 1.71. The lowest BCUT2D eigenvalue weighted by molar-refractivity contribution is -0.115. The Morgan fingerprint density at radius 3 is 2.67 bits per heavy atom. The van der Waals surface area contributed by atoms with Crippen molar-refractivity contribution >= 4 is 57.3 Å². The maximum absolute atomic E-state index is 12.7. The average Bonchev–Trinajstić information content (AvgIpc) is 3.30. The first-order chi connectivity index (χ1) is 14.3. The largest absolute Gasteiger partial charge is 0.508 e. The fourth-order valence-corrected chi connectivity index (χ4v) is 5.88. The summed E-state index contributed by atoms with van der Waals surface area (Å²) in [6.45, 7) is 6.04. The van der Waals surface area contributed by atoms with E-state index in [1.165, 1.54) is 11.3 Å². The van der Waals surface area contributed by atoms with Crippen molar-refractivity contribution in [2.75, 3.05) is 10.7 Å². The van der Waals surface area contributed by atoms with Gasteiger partial charge in [-0.3, -0.25) is 9.69 Å². The molecule has 0 aliphatic carbocycles. The Morgan fingerprint density at radius 2 is 1.97 bits per heavy atom. The van der Waals surface area contributed by atoms with Gasteiger partial charge in [-0.2, -0.15) is 0 Å². The first kappa shape index (κ1) is 21.5. The van der Waals surface area contributed by atoms with E-state index in [-0.39, 0.29) is 17.2 Å². The summed E-state index contributed by atoms with van der Waals surface area (Å²) in [7, 11) is 0. The zero-order valence-corrected chi connectivity index (χ0v) is 19.8. The molecule has 1 atom stereocenters. The summed E-state index contributed by atoms with van der Waals surface area (Å²) in [4.78, 5) is 19.2. The number of phenolic OH excluding ortho intramolecular Hbond substituents is 1. The van der Waals surface area contributed by atoms with Crippen LogP contribution in [0.5, 0.6) is 5.75 Å². The number of rotatable bonds is 4. The Labute approximate surface area is 193 Å². The summed E-state index contributed by atoms with van der Waals surface area (Å²) in [5.41, 5.74) is 4.50. The third-order valence-corrected chi connectivity index (χ3v) is 7.86. The molecule has 1 N–H and O–H groups in total. The van der Waals surface area contributed by atoms with Gasteiger partial charge < -0.3 is 5.11 Å². The SMILES string of the molecule is Cc1cc(O)c(C(C)C)cc1-c1csc(N2C(=O)CSC2c2ccc(Cl)c(Cl)c2)n1. The second-order valence-corrected chi connectivity index (χ2v) is 10.2. The Hall–Kier alpha value is -1.73. The molecule has 2 aromatic carbocycles. The molecule has 0 radical (unpaired) electrons. The second kappa shape index (κ2) is 8.42. The highest BCUT2D eigenvalue weighted by Gasteiger charge is 2.36. The van der Waals surface area contributed by atoms with Gasteiger partial charge in [0.15, 0.2) is 5.13 Å². The van der Waals surface area contributed by atoms with Gasteiger partial charge in [0.2, 0.25) is 5.91 Å². The summed E-state index contributed by atoms with van der Waals surface area (Å²) < 4.78 is 0. The highest BCUT2D eigenvalue weighted by Crippen LogP contribution is 2.45. The van der Waals surface area contributed by atoms with Crippen LogP contribution >= 0.6 is 46.3 Å². The number of amides is 1. The van der Waals surface area contributed by atoms with Crippen LogP contribution in [-0.2, 0) is 4.79 Å². The van der Waals surface area contributed by atoms with Crippen molar-refractivity contribution in [2.24, 2.45) is 0 Å². The second-order valence-electron chi connectivity index (χ2n) is 7.50. The van der Waals surface area contributed by atoms with Crippen LogP contribution in [0.4, 0.5) is 5.13 Å². The molecule has 0 bridgehead atoms. The number of thiazole rings is 1. The number of nitrogens with zero attached hydrogens (tertiary/aromatic N) is 2. The monoisotopic (exact) mass is 478 g/mol. The lowest BCUT2D eigenvalue weighted by Gasteiger charge is -2.22. The highest BCUT2D eigenvalue weighted by atomic mass is 35.5. The van der Waals surface area contributed by atoms with Gasteiger partial charge >= 0.3 is 0 Å². The normalized spacial score (nSPS) is 16.7. The number of hydrogen-bond donors (Lipinski definition) is 1. The fraction of sp³-hybridized carbons (Fsp3) is 0.273. The Morgan fingerprint density at radius 1 is 1.20 bits per heavy atom. The highest BCUT2D eigenvalue weighted by molar-refractivity contribution is 8.00. The van der Waals surface area contributed by atoms with Crippen molar-refractivity contribution in [3.8, 4) is 17.0 Å². The number of aromatic nitrogens is 1. The van der Waals surface area contributed by atoms with E-state index in [2.05, 4.69) is 0 Å². The first-order valence-corrected chi connectivity index (χ1v) is 12.1. The van der Waals surface area contributed by atoms with Gasteiger partial charge in [-0.05, 0) is 53.8 Å². The number of carbonyl (C=O) groups excluding carboxylic acids is 1. The van der Waals surface area contributed by atoms with Crippen LogP contribution in [0.1, 0.15) is 41.8 Å². The van der Waals surface area contributed by atoms with Gasteiger partial charge in [-0.1, -0.05) is 43.1 Å². The van der Waals surface area contributed by atoms with Crippen LogP contribution in [0.25, 0.3) is 11.3 Å². The van der Waals surface area contributed by atoms with Gasteiger partial charge in [-0.25, -0.2) is 4.98 Å². The summed E-state index contributed by atoms with van der Waals surface area (Å²) >= 11 is 15.2. The third kappa shape index (κ3) is 3.94. The number of aryl methyl sites for hydroxylation is 1. The Bertz CT molecular complexity index is 1130. The lowest BCUT2D eigenvalue weighted by atomic mass is 9.95. The number of halogens is 2. The predicted octanol–water partition coefficient (Wildman–Crippen LogP) is 7.03. The van der Waals surface area contributed by atoms with Gasteiger partial charge in [0.1, 0.15) is 11.1 Å². The van der Waals surface area contributed by atoms with Gasteiger partial charge in [0.25, 0.3) is 0 Å². The molecule has 30 heavy (non-hydrogen) atoms. The summed E-state index contributed by atoms with van der Waals surface area (Å²) in [5.74, 6) is 0.892. The quantitative estimate of drug-likeness (QED) is 0.436. The van der Waals surface area contributed by atoms with Crippen molar-refractivity contribution in [1.29, 1.82) is 0 Å². The van der Waals surface area contributed by atoms with Crippen molar-refractivity contribution in [3.05, 3.63) is 62.4 Å². The molecule has 0 spiro atoms. The van der Waals surface area contributed by atoms with Crippen LogP contribution in [0.2, 0.25) is 10.0 Å². The van der Waals surface area contributed by atoms with E-state index in [1.807, 2.05) is 38.3 Å². The van der Waals surface area contributed by atoms with Crippen molar-refractivity contribution in [2.45, 2.75) is 32.1 Å². The molecule has 1 aliphatic rings. The van der Waals surface area contributed by atoms with Gasteiger partial charge in [0.05, 0.1) is 21.5 Å². The lowest BCUT2D eigenvalue weighted by Crippen LogP contribution is -2.27. The van der Waals surface area contributed by atoms with Crippen LogP contribution in [0.15, 0.2) is 35.7 Å². The van der Waals surface area contributed by atoms with E-state index in [4.69, 9.17) is 28.2 Å². The van der Waals surface area contributed by atoms with Gasteiger partial charge in [-0.15, -0.1) is 23.1 Å². The van der Waals surface area contributed by atoms with Crippen LogP contribution in [0, 0.1) is 6.92 Å². The number of carbonyl (C=O) groups is 1. The molecule has 3 aromatic rings. The summed E-state index contributed by atoms with van der Waals surface area (Å²) in [5, 5.41) is 13.6. The molecule has 1 aromatic heterocycles.